The summed E-state index contributed by atoms with van der Waals surface area (Å²) < 4.78 is 26.7. The van der Waals surface area contributed by atoms with Crippen molar-refractivity contribution in [2.24, 2.45) is 11.8 Å². The van der Waals surface area contributed by atoms with E-state index in [9.17, 15) is 8.42 Å². The maximum absolute atomic E-state index is 12.0. The van der Waals surface area contributed by atoms with Gasteiger partial charge in [-0.15, -0.1) is 0 Å². The van der Waals surface area contributed by atoms with Crippen molar-refractivity contribution in [3.8, 4) is 6.07 Å². The Hall–Kier alpha value is -0.600. The lowest BCUT2D eigenvalue weighted by Crippen LogP contribution is -2.46. The Morgan fingerprint density at radius 1 is 1.41 bits per heavy atom. The van der Waals surface area contributed by atoms with Crippen LogP contribution in [0, 0.1) is 23.2 Å². The van der Waals surface area contributed by atoms with Gasteiger partial charge in [0.25, 0.3) is 0 Å². The molecule has 0 aliphatic heterocycles. The van der Waals surface area contributed by atoms with Crippen molar-refractivity contribution in [2.45, 2.75) is 57.7 Å². The number of nitrogens with one attached hydrogen (secondary N) is 1. The third-order valence-corrected chi connectivity index (χ3v) is 5.73. The van der Waals surface area contributed by atoms with Gasteiger partial charge < -0.3 is 0 Å². The number of nitriles is 1. The van der Waals surface area contributed by atoms with E-state index in [2.05, 4.69) is 18.6 Å². The highest BCUT2D eigenvalue weighted by Crippen LogP contribution is 2.30. The molecule has 0 aromatic heterocycles. The molecule has 0 spiro atoms. The molecule has 0 aromatic carbocycles. The van der Waals surface area contributed by atoms with E-state index in [4.69, 9.17) is 5.26 Å². The summed E-state index contributed by atoms with van der Waals surface area (Å²) >= 11 is 0. The Balaban J connectivity index is 2.74. The van der Waals surface area contributed by atoms with Crippen LogP contribution in [-0.2, 0) is 10.0 Å². The largest absolute Gasteiger partial charge is 0.228 e. The molecule has 1 rings (SSSR count). The molecule has 0 heterocycles. The minimum Gasteiger partial charge on any atom is -0.211 e. The van der Waals surface area contributed by atoms with E-state index in [1.165, 1.54) is 0 Å². The molecule has 1 fully saturated rings. The summed E-state index contributed by atoms with van der Waals surface area (Å²) in [6.07, 6.45) is 3.44. The first-order valence-corrected chi connectivity index (χ1v) is 7.87. The van der Waals surface area contributed by atoms with Crippen molar-refractivity contribution in [1.29, 1.82) is 5.26 Å². The average molecular weight is 258 g/mol. The minimum atomic E-state index is -3.49. The second-order valence-electron chi connectivity index (χ2n) is 5.06. The van der Waals surface area contributed by atoms with Crippen molar-refractivity contribution in [3.63, 3.8) is 0 Å². The number of sulfonamides is 1. The summed E-state index contributed by atoms with van der Waals surface area (Å²) in [5.41, 5.74) is 0. The van der Waals surface area contributed by atoms with E-state index in [-0.39, 0.29) is 6.04 Å². The summed E-state index contributed by atoms with van der Waals surface area (Å²) in [7, 11) is -3.49. The Morgan fingerprint density at radius 2 is 2.06 bits per heavy atom. The zero-order valence-corrected chi connectivity index (χ0v) is 11.6. The maximum atomic E-state index is 12.0. The highest BCUT2D eigenvalue weighted by molar-refractivity contribution is 7.90. The van der Waals surface area contributed by atoms with Gasteiger partial charge in [0.1, 0.15) is 0 Å². The Kier molecular flexibility index (Phi) is 4.96. The average Bonchev–Trinajstić information content (AvgIpc) is 2.26. The lowest BCUT2D eigenvalue weighted by molar-refractivity contribution is 0.226. The van der Waals surface area contributed by atoms with Crippen LogP contribution < -0.4 is 4.72 Å². The smallest absolute Gasteiger partial charge is 0.211 e. The summed E-state index contributed by atoms with van der Waals surface area (Å²) in [5.74, 6) is 0.883. The van der Waals surface area contributed by atoms with Crippen LogP contribution in [0.2, 0.25) is 0 Å². The van der Waals surface area contributed by atoms with Gasteiger partial charge in [-0.1, -0.05) is 33.6 Å². The SMILES string of the molecule is CCC(C#N)S(=O)(=O)NC1CCCC(C)C1C. The molecule has 0 aromatic rings. The van der Waals surface area contributed by atoms with Gasteiger partial charge in [-0.25, -0.2) is 13.1 Å². The fourth-order valence-corrected chi connectivity index (χ4v) is 3.92. The molecule has 1 aliphatic carbocycles. The predicted octanol–water partition coefficient (Wildman–Crippen LogP) is 2.03. The molecule has 4 atom stereocenters. The highest BCUT2D eigenvalue weighted by atomic mass is 32.2. The molecule has 4 nitrogen and oxygen atoms in total. The first-order chi connectivity index (χ1) is 7.92. The summed E-state index contributed by atoms with van der Waals surface area (Å²) in [6, 6.07) is 1.85. The summed E-state index contributed by atoms with van der Waals surface area (Å²) in [6.45, 7) is 5.97. The van der Waals surface area contributed by atoms with Crippen molar-refractivity contribution in [2.75, 3.05) is 0 Å². The Bertz CT molecular complexity index is 386. The van der Waals surface area contributed by atoms with Crippen LogP contribution in [0.1, 0.15) is 46.5 Å². The van der Waals surface area contributed by atoms with E-state index in [1.807, 2.05) is 6.07 Å². The number of rotatable bonds is 4. The standard InChI is InChI=1S/C12H22N2O2S/c1-4-11(8-13)17(15,16)14-12-7-5-6-9(2)10(12)3/h9-12,14H,4-7H2,1-3H3. The Morgan fingerprint density at radius 3 is 2.59 bits per heavy atom. The van der Waals surface area contributed by atoms with E-state index in [1.54, 1.807) is 6.92 Å². The van der Waals surface area contributed by atoms with Gasteiger partial charge in [0.2, 0.25) is 10.0 Å². The predicted molar refractivity (Wildman–Crippen MR) is 67.7 cm³/mol. The molecular formula is C12H22N2O2S. The second kappa shape index (κ2) is 5.83. The van der Waals surface area contributed by atoms with E-state index in [0.29, 0.717) is 18.3 Å². The molecule has 0 saturated heterocycles. The quantitative estimate of drug-likeness (QED) is 0.838. The Labute approximate surface area is 104 Å². The molecule has 5 heteroatoms. The van der Waals surface area contributed by atoms with E-state index >= 15 is 0 Å². The van der Waals surface area contributed by atoms with Gasteiger partial charge in [0, 0.05) is 6.04 Å². The highest BCUT2D eigenvalue weighted by Gasteiger charge is 2.33. The van der Waals surface area contributed by atoms with Crippen LogP contribution in [0.4, 0.5) is 0 Å². The zero-order valence-electron chi connectivity index (χ0n) is 10.8. The van der Waals surface area contributed by atoms with Crippen LogP contribution in [0.25, 0.3) is 0 Å². The van der Waals surface area contributed by atoms with Crippen LogP contribution in [0.15, 0.2) is 0 Å². The molecule has 1 saturated carbocycles. The third-order valence-electron chi connectivity index (χ3n) is 3.91. The topological polar surface area (TPSA) is 70.0 Å². The van der Waals surface area contributed by atoms with Crippen molar-refractivity contribution >= 4 is 10.0 Å². The molecule has 0 radical (unpaired) electrons. The molecular weight excluding hydrogens is 236 g/mol. The third kappa shape index (κ3) is 3.43. The molecule has 17 heavy (non-hydrogen) atoms. The minimum absolute atomic E-state index is 0.00819. The molecule has 4 unspecified atom stereocenters. The molecule has 0 amide bonds. The fourth-order valence-electron chi connectivity index (χ4n) is 2.42. The summed E-state index contributed by atoms with van der Waals surface area (Å²) in [5, 5.41) is 7.92. The molecule has 1 aliphatic rings. The number of hydrogen-bond donors (Lipinski definition) is 1. The van der Waals surface area contributed by atoms with Gasteiger partial charge in [-0.05, 0) is 24.7 Å². The number of hydrogen-bond acceptors (Lipinski definition) is 3. The van der Waals surface area contributed by atoms with Crippen molar-refractivity contribution in [3.05, 3.63) is 0 Å². The van der Waals surface area contributed by atoms with Gasteiger partial charge in [0.05, 0.1) is 6.07 Å². The monoisotopic (exact) mass is 258 g/mol. The maximum Gasteiger partial charge on any atom is 0.228 e. The van der Waals surface area contributed by atoms with Crippen molar-refractivity contribution < 1.29 is 8.42 Å². The van der Waals surface area contributed by atoms with Gasteiger partial charge in [0.15, 0.2) is 5.25 Å². The fraction of sp³-hybridized carbons (Fsp3) is 0.917. The summed E-state index contributed by atoms with van der Waals surface area (Å²) in [4.78, 5) is 0. The first-order valence-electron chi connectivity index (χ1n) is 6.33. The second-order valence-corrected chi connectivity index (χ2v) is 6.96. The lowest BCUT2D eigenvalue weighted by Gasteiger charge is -2.34. The molecule has 98 valence electrons. The van der Waals surface area contributed by atoms with Crippen LogP contribution in [0.5, 0.6) is 0 Å². The van der Waals surface area contributed by atoms with Crippen LogP contribution >= 0.6 is 0 Å². The molecule has 0 bridgehead atoms. The zero-order chi connectivity index (χ0) is 13.1. The van der Waals surface area contributed by atoms with Crippen LogP contribution in [0.3, 0.4) is 0 Å². The van der Waals surface area contributed by atoms with Gasteiger partial charge in [-0.2, -0.15) is 5.26 Å². The van der Waals surface area contributed by atoms with Gasteiger partial charge >= 0.3 is 0 Å². The molecule has 1 N–H and O–H groups in total. The normalized spacial score (nSPS) is 31.8. The van der Waals surface area contributed by atoms with Gasteiger partial charge in [-0.3, -0.25) is 0 Å². The van der Waals surface area contributed by atoms with Crippen molar-refractivity contribution in [1.82, 2.24) is 4.72 Å². The lowest BCUT2D eigenvalue weighted by atomic mass is 9.78. The number of nitrogens with zero attached hydrogens (tertiary/aromatic N) is 1. The van der Waals surface area contributed by atoms with E-state index < -0.39 is 15.3 Å². The van der Waals surface area contributed by atoms with Crippen LogP contribution in [-0.4, -0.2) is 19.7 Å². The first kappa shape index (κ1) is 14.5. The van der Waals surface area contributed by atoms with E-state index in [0.717, 1.165) is 19.3 Å².